The van der Waals surface area contributed by atoms with Crippen molar-refractivity contribution in [3.8, 4) is 0 Å². The molecule has 0 radical (unpaired) electrons. The van der Waals surface area contributed by atoms with Crippen LogP contribution in [0.5, 0.6) is 0 Å². The van der Waals surface area contributed by atoms with Crippen LogP contribution in [0.25, 0.3) is 0 Å². The molecule has 1 heterocycles. The third kappa shape index (κ3) is 2.38. The molecule has 2 unspecified atom stereocenters. The number of aromatic amines is 1. The van der Waals surface area contributed by atoms with Crippen LogP contribution >= 0.6 is 0 Å². The molecule has 0 aliphatic carbocycles. The fourth-order valence-corrected chi connectivity index (χ4v) is 0.958. The minimum Gasteiger partial charge on any atom is -0.389 e. The van der Waals surface area contributed by atoms with Crippen LogP contribution in [0.15, 0.2) is 23.1 Å². The Labute approximate surface area is 74.8 Å². The van der Waals surface area contributed by atoms with E-state index in [0.717, 1.165) is 0 Å². The number of aromatic nitrogens is 1. The maximum atomic E-state index is 10.7. The molecule has 0 aromatic carbocycles. The van der Waals surface area contributed by atoms with Crippen molar-refractivity contribution in [1.29, 1.82) is 0 Å². The molecule has 13 heavy (non-hydrogen) atoms. The van der Waals surface area contributed by atoms with Crippen molar-refractivity contribution in [2.45, 2.75) is 12.2 Å². The Hall–Kier alpha value is -1.17. The Kier molecular flexibility index (Phi) is 3.18. The Morgan fingerprint density at radius 2 is 2.15 bits per heavy atom. The van der Waals surface area contributed by atoms with E-state index >= 15 is 0 Å². The van der Waals surface area contributed by atoms with E-state index in [1.807, 2.05) is 0 Å². The van der Waals surface area contributed by atoms with Crippen molar-refractivity contribution < 1.29 is 10.2 Å². The summed E-state index contributed by atoms with van der Waals surface area (Å²) in [5.74, 6) is 0. The number of aliphatic hydroxyl groups excluding tert-OH is 2. The highest BCUT2D eigenvalue weighted by atomic mass is 16.3. The monoisotopic (exact) mass is 184 g/mol. The van der Waals surface area contributed by atoms with Gasteiger partial charge in [0, 0.05) is 18.8 Å². The second-order valence-electron chi connectivity index (χ2n) is 2.73. The van der Waals surface area contributed by atoms with Gasteiger partial charge in [0.05, 0.1) is 6.10 Å². The maximum absolute atomic E-state index is 10.7. The minimum atomic E-state index is -1.05. The van der Waals surface area contributed by atoms with Crippen molar-refractivity contribution in [2.75, 3.05) is 6.54 Å². The Morgan fingerprint density at radius 1 is 1.46 bits per heavy atom. The zero-order chi connectivity index (χ0) is 9.84. The van der Waals surface area contributed by atoms with Gasteiger partial charge in [0.1, 0.15) is 6.10 Å². The molecule has 5 N–H and O–H groups in total. The predicted octanol–water partition coefficient (Wildman–Crippen LogP) is -1.27. The molecule has 0 saturated carbocycles. The number of hydrogen-bond donors (Lipinski definition) is 4. The summed E-state index contributed by atoms with van der Waals surface area (Å²) in [6.07, 6.45) is -0.709. The highest BCUT2D eigenvalue weighted by molar-refractivity contribution is 5.13. The number of nitrogens with one attached hydrogen (secondary N) is 1. The first-order chi connectivity index (χ1) is 6.15. The molecule has 0 saturated heterocycles. The normalized spacial score (nSPS) is 15.3. The summed E-state index contributed by atoms with van der Waals surface area (Å²) in [6.45, 7) is -0.0275. The molecule has 0 spiro atoms. The van der Waals surface area contributed by atoms with E-state index in [2.05, 4.69) is 4.98 Å². The molecular formula is C8H12N2O3. The number of pyridine rings is 1. The van der Waals surface area contributed by atoms with Crippen LogP contribution in [0.1, 0.15) is 11.7 Å². The molecule has 2 atom stereocenters. The molecule has 0 bridgehead atoms. The van der Waals surface area contributed by atoms with Crippen LogP contribution in [0, 0.1) is 0 Å². The molecule has 5 nitrogen and oxygen atoms in total. The SMILES string of the molecule is NCC(O)C(O)c1ccc(=O)[nH]c1. The van der Waals surface area contributed by atoms with Gasteiger partial charge < -0.3 is 20.9 Å². The zero-order valence-corrected chi connectivity index (χ0v) is 6.97. The van der Waals surface area contributed by atoms with Crippen LogP contribution in [-0.2, 0) is 0 Å². The molecule has 72 valence electrons. The van der Waals surface area contributed by atoms with Crippen molar-refractivity contribution in [2.24, 2.45) is 5.73 Å². The highest BCUT2D eigenvalue weighted by Crippen LogP contribution is 2.13. The Balaban J connectivity index is 2.83. The van der Waals surface area contributed by atoms with Gasteiger partial charge in [-0.15, -0.1) is 0 Å². The van der Waals surface area contributed by atoms with E-state index in [1.165, 1.54) is 18.3 Å². The summed E-state index contributed by atoms with van der Waals surface area (Å²) < 4.78 is 0. The molecule has 1 rings (SSSR count). The average Bonchev–Trinajstić information content (AvgIpc) is 2.17. The van der Waals surface area contributed by atoms with Gasteiger partial charge in [-0.3, -0.25) is 4.79 Å². The number of aliphatic hydroxyl groups is 2. The number of rotatable bonds is 3. The lowest BCUT2D eigenvalue weighted by Crippen LogP contribution is -2.27. The second-order valence-corrected chi connectivity index (χ2v) is 2.73. The van der Waals surface area contributed by atoms with Crippen LogP contribution in [0.4, 0.5) is 0 Å². The summed E-state index contributed by atoms with van der Waals surface area (Å²) in [7, 11) is 0. The summed E-state index contributed by atoms with van der Waals surface area (Å²) in [4.78, 5) is 13.1. The molecule has 0 aliphatic heterocycles. The third-order valence-electron chi connectivity index (χ3n) is 1.76. The largest absolute Gasteiger partial charge is 0.389 e. The van der Waals surface area contributed by atoms with Gasteiger partial charge in [-0.1, -0.05) is 0 Å². The minimum absolute atomic E-state index is 0.0275. The summed E-state index contributed by atoms with van der Waals surface area (Å²) in [5.41, 5.74) is 5.35. The first-order valence-corrected chi connectivity index (χ1v) is 3.90. The lowest BCUT2D eigenvalue weighted by molar-refractivity contribution is 0.0241. The predicted molar refractivity (Wildman–Crippen MR) is 47.1 cm³/mol. The second kappa shape index (κ2) is 4.18. The molecular weight excluding hydrogens is 172 g/mol. The van der Waals surface area contributed by atoms with Crippen molar-refractivity contribution >= 4 is 0 Å². The summed E-state index contributed by atoms with van der Waals surface area (Å²) in [6, 6.07) is 2.73. The Morgan fingerprint density at radius 3 is 2.62 bits per heavy atom. The average molecular weight is 184 g/mol. The topological polar surface area (TPSA) is 99.3 Å². The molecule has 1 aromatic rings. The fraction of sp³-hybridized carbons (Fsp3) is 0.375. The van der Waals surface area contributed by atoms with Gasteiger partial charge in [-0.05, 0) is 11.6 Å². The van der Waals surface area contributed by atoms with Crippen LogP contribution in [0.2, 0.25) is 0 Å². The molecule has 0 fully saturated rings. The third-order valence-corrected chi connectivity index (χ3v) is 1.76. The van der Waals surface area contributed by atoms with Gasteiger partial charge >= 0.3 is 0 Å². The van der Waals surface area contributed by atoms with Crippen molar-refractivity contribution in [1.82, 2.24) is 4.98 Å². The molecule has 0 amide bonds. The molecule has 0 aliphatic rings. The van der Waals surface area contributed by atoms with Crippen molar-refractivity contribution in [3.63, 3.8) is 0 Å². The van der Waals surface area contributed by atoms with E-state index in [-0.39, 0.29) is 12.1 Å². The van der Waals surface area contributed by atoms with Gasteiger partial charge in [-0.2, -0.15) is 0 Å². The number of H-pyrrole nitrogens is 1. The van der Waals surface area contributed by atoms with Crippen LogP contribution in [-0.4, -0.2) is 27.8 Å². The summed E-state index contributed by atoms with van der Waals surface area (Å²) >= 11 is 0. The summed E-state index contributed by atoms with van der Waals surface area (Å²) in [5, 5.41) is 18.6. The van der Waals surface area contributed by atoms with E-state index in [1.54, 1.807) is 0 Å². The van der Waals surface area contributed by atoms with Crippen LogP contribution < -0.4 is 11.3 Å². The van der Waals surface area contributed by atoms with E-state index in [0.29, 0.717) is 5.56 Å². The highest BCUT2D eigenvalue weighted by Gasteiger charge is 2.16. The lowest BCUT2D eigenvalue weighted by atomic mass is 10.1. The van der Waals surface area contributed by atoms with Crippen molar-refractivity contribution in [3.05, 3.63) is 34.2 Å². The Bertz CT molecular complexity index is 303. The number of hydrogen-bond acceptors (Lipinski definition) is 4. The van der Waals surface area contributed by atoms with E-state index < -0.39 is 12.2 Å². The van der Waals surface area contributed by atoms with E-state index in [4.69, 9.17) is 5.73 Å². The van der Waals surface area contributed by atoms with Gasteiger partial charge in [0.15, 0.2) is 0 Å². The number of nitrogens with two attached hydrogens (primary N) is 1. The maximum Gasteiger partial charge on any atom is 0.247 e. The quantitative estimate of drug-likeness (QED) is 0.470. The van der Waals surface area contributed by atoms with Crippen LogP contribution in [0.3, 0.4) is 0 Å². The van der Waals surface area contributed by atoms with Gasteiger partial charge in [0.2, 0.25) is 5.56 Å². The van der Waals surface area contributed by atoms with Gasteiger partial charge in [0.25, 0.3) is 0 Å². The van der Waals surface area contributed by atoms with E-state index in [9.17, 15) is 15.0 Å². The standard InChI is InChI=1S/C8H12N2O3/c9-3-6(11)8(13)5-1-2-7(12)10-4-5/h1-2,4,6,8,11,13H,3,9H2,(H,10,12). The first kappa shape index (κ1) is 9.91. The first-order valence-electron chi connectivity index (χ1n) is 3.90. The van der Waals surface area contributed by atoms with Gasteiger partial charge in [-0.25, -0.2) is 0 Å². The molecule has 5 heteroatoms. The fourth-order valence-electron chi connectivity index (χ4n) is 0.958. The molecule has 1 aromatic heterocycles. The zero-order valence-electron chi connectivity index (χ0n) is 6.97. The lowest BCUT2D eigenvalue weighted by Gasteiger charge is -2.15. The smallest absolute Gasteiger partial charge is 0.247 e.